The number of halogens is 6. The Morgan fingerprint density at radius 3 is 0.808 bits per heavy atom. The van der Waals surface area contributed by atoms with E-state index in [1.807, 2.05) is 84.9 Å². The minimum Gasteiger partial charge on any atom is -0.166 e. The summed E-state index contributed by atoms with van der Waals surface area (Å²) in [5, 5.41) is 12.2. The predicted molar refractivity (Wildman–Crippen MR) is 316 cm³/mol. The minimum absolute atomic E-state index is 0.00743. The van der Waals surface area contributed by atoms with Crippen molar-refractivity contribution in [2.75, 3.05) is 0 Å². The van der Waals surface area contributed by atoms with Crippen molar-refractivity contribution < 1.29 is 26.3 Å². The fourth-order valence-electron chi connectivity index (χ4n) is 12.6. The first-order valence-corrected chi connectivity index (χ1v) is 26.0. The highest BCUT2D eigenvalue weighted by atomic mass is 19.4. The molecule has 78 heavy (non-hydrogen) atoms. The standard InChI is InChI=1S/C70H42B2F6/c73-69(74,75)63-23-11-9-21-55(63)61-41-65(71(51-29-25-43-13-1-5-17-47(43)37-51)52-30-26-44-14-2-6-18-48(44)38-52)59-35-33-58-62(56-22-10-12-24-64(56)70(76,77)78)42-66(60-36-34-57(61)67(59)68(58)60)72(53-31-27-45-15-3-7-19-49(45)39-53)54-32-28-46-16-4-8-20-50(46)40-54/h1-42H. The van der Waals surface area contributed by atoms with E-state index < -0.39 is 36.9 Å². The Morgan fingerprint density at radius 2 is 0.500 bits per heavy atom. The fourth-order valence-corrected chi connectivity index (χ4v) is 12.6. The molecule has 14 rings (SSSR count). The van der Waals surface area contributed by atoms with Gasteiger partial charge in [-0.2, -0.15) is 26.3 Å². The smallest absolute Gasteiger partial charge is 0.166 e. The van der Waals surface area contributed by atoms with Gasteiger partial charge < -0.3 is 0 Å². The Kier molecular flexibility index (Phi) is 11.1. The van der Waals surface area contributed by atoms with Crippen molar-refractivity contribution in [3.8, 4) is 22.3 Å². The van der Waals surface area contributed by atoms with Crippen LogP contribution < -0.4 is 32.8 Å². The number of alkyl halides is 6. The number of benzene rings is 14. The summed E-state index contributed by atoms with van der Waals surface area (Å²) < 4.78 is 93.3. The molecule has 0 aliphatic rings. The topological polar surface area (TPSA) is 0 Å². The second-order valence-electron chi connectivity index (χ2n) is 20.5. The summed E-state index contributed by atoms with van der Waals surface area (Å²) in [6.45, 7) is -1.04. The van der Waals surface area contributed by atoms with E-state index in [2.05, 4.69) is 121 Å². The molecule has 8 heteroatoms. The van der Waals surface area contributed by atoms with Crippen LogP contribution in [0.3, 0.4) is 0 Å². The lowest BCUT2D eigenvalue weighted by molar-refractivity contribution is -0.137. The average molecular weight is 1020 g/mol. The van der Waals surface area contributed by atoms with E-state index in [0.717, 1.165) is 98.8 Å². The quantitative estimate of drug-likeness (QED) is 0.0808. The van der Waals surface area contributed by atoms with Crippen molar-refractivity contribution in [3.05, 3.63) is 266 Å². The number of hydrogen-bond acceptors (Lipinski definition) is 0. The third-order valence-corrected chi connectivity index (χ3v) is 16.1. The van der Waals surface area contributed by atoms with Gasteiger partial charge in [-0.15, -0.1) is 0 Å². The molecule has 0 aliphatic carbocycles. The van der Waals surface area contributed by atoms with Gasteiger partial charge in [-0.05, 0) is 110 Å². The van der Waals surface area contributed by atoms with Crippen LogP contribution in [0.1, 0.15) is 11.1 Å². The molecular weight excluding hydrogens is 976 g/mol. The zero-order valence-electron chi connectivity index (χ0n) is 41.7. The largest absolute Gasteiger partial charge is 0.417 e. The Hall–Kier alpha value is -9.13. The van der Waals surface area contributed by atoms with Crippen molar-refractivity contribution in [2.45, 2.75) is 12.4 Å². The molecule has 0 saturated carbocycles. The van der Waals surface area contributed by atoms with Crippen molar-refractivity contribution in [1.29, 1.82) is 0 Å². The summed E-state index contributed by atoms with van der Waals surface area (Å²) in [6.07, 6.45) is -9.43. The zero-order valence-corrected chi connectivity index (χ0v) is 41.7. The lowest BCUT2D eigenvalue weighted by Gasteiger charge is -2.27. The van der Waals surface area contributed by atoms with Gasteiger partial charge in [-0.25, -0.2) is 0 Å². The molecule has 370 valence electrons. The van der Waals surface area contributed by atoms with Crippen LogP contribution in [0.2, 0.25) is 0 Å². The normalized spacial score (nSPS) is 12.2. The van der Waals surface area contributed by atoms with E-state index in [0.29, 0.717) is 32.7 Å². The molecule has 0 atom stereocenters. The number of fused-ring (bicyclic) bond motifs is 4. The van der Waals surface area contributed by atoms with E-state index in [1.165, 1.54) is 24.3 Å². The Balaban J connectivity index is 1.17. The van der Waals surface area contributed by atoms with Gasteiger partial charge in [0.1, 0.15) is 0 Å². The number of hydrogen-bond donors (Lipinski definition) is 0. The van der Waals surface area contributed by atoms with E-state index in [9.17, 15) is 0 Å². The van der Waals surface area contributed by atoms with Crippen LogP contribution in [-0.4, -0.2) is 13.4 Å². The summed E-state index contributed by atoms with van der Waals surface area (Å²) >= 11 is 0. The highest BCUT2D eigenvalue weighted by Gasteiger charge is 2.37. The van der Waals surface area contributed by atoms with Crippen LogP contribution in [0.5, 0.6) is 0 Å². The molecule has 0 bridgehead atoms. The first kappa shape index (κ1) is 47.3. The summed E-state index contributed by atoms with van der Waals surface area (Å²) in [5.41, 5.74) is 4.44. The van der Waals surface area contributed by atoms with Crippen LogP contribution in [0.25, 0.3) is 97.7 Å². The molecule has 0 unspecified atom stereocenters. The first-order chi connectivity index (χ1) is 37.9. The molecule has 14 aromatic rings. The summed E-state index contributed by atoms with van der Waals surface area (Å²) in [7, 11) is 0. The second-order valence-corrected chi connectivity index (χ2v) is 20.5. The SMILES string of the molecule is FC(F)(F)c1ccccc1-c1cc(B(c2ccc3ccccc3c2)c2ccc3ccccc3c2)c2ccc3c(-c4ccccc4C(F)(F)F)cc(B(c4ccc5ccccc5c4)c4ccc5ccccc5c4)c4ccc1c2c43. The predicted octanol–water partition coefficient (Wildman–Crippen LogP) is 15.6. The Morgan fingerprint density at radius 1 is 0.231 bits per heavy atom. The average Bonchev–Trinajstić information content (AvgIpc) is 3.66. The summed E-state index contributed by atoms with van der Waals surface area (Å²) in [4.78, 5) is 0. The van der Waals surface area contributed by atoms with Gasteiger partial charge in [0.15, 0.2) is 0 Å². The molecule has 14 aromatic carbocycles. The highest BCUT2D eigenvalue weighted by Crippen LogP contribution is 2.46. The Labute approximate surface area is 446 Å². The molecule has 0 spiro atoms. The molecule has 0 nitrogen and oxygen atoms in total. The number of rotatable bonds is 8. The summed E-state index contributed by atoms with van der Waals surface area (Å²) in [6, 6.07) is 81.0. The van der Waals surface area contributed by atoms with Crippen LogP contribution >= 0.6 is 0 Å². The maximum Gasteiger partial charge on any atom is 0.417 e. The lowest BCUT2D eigenvalue weighted by atomic mass is 9.35. The second kappa shape index (κ2) is 18.3. The summed E-state index contributed by atoms with van der Waals surface area (Å²) in [5.74, 6) is 0. The van der Waals surface area contributed by atoms with Crippen LogP contribution in [-0.2, 0) is 12.4 Å². The van der Waals surface area contributed by atoms with E-state index in [1.54, 1.807) is 12.1 Å². The van der Waals surface area contributed by atoms with Gasteiger partial charge >= 0.3 is 12.4 Å². The molecule has 0 saturated heterocycles. The molecular formula is C70H42B2F6. The van der Waals surface area contributed by atoms with E-state index in [-0.39, 0.29) is 11.1 Å². The highest BCUT2D eigenvalue weighted by molar-refractivity contribution is 6.98. The van der Waals surface area contributed by atoms with Crippen molar-refractivity contribution in [3.63, 3.8) is 0 Å². The maximum atomic E-state index is 15.6. The van der Waals surface area contributed by atoms with Crippen molar-refractivity contribution in [2.24, 2.45) is 0 Å². The van der Waals surface area contributed by atoms with E-state index in [4.69, 9.17) is 0 Å². The Bertz CT molecular complexity index is 4240. The van der Waals surface area contributed by atoms with E-state index >= 15 is 26.3 Å². The molecule has 0 amide bonds. The third kappa shape index (κ3) is 7.96. The van der Waals surface area contributed by atoms with Gasteiger partial charge in [-0.1, -0.05) is 275 Å². The van der Waals surface area contributed by atoms with Crippen molar-refractivity contribution >= 4 is 122 Å². The van der Waals surface area contributed by atoms with Crippen molar-refractivity contribution in [1.82, 2.24) is 0 Å². The molecule has 0 radical (unpaired) electrons. The van der Waals surface area contributed by atoms with Crippen LogP contribution in [0, 0.1) is 0 Å². The van der Waals surface area contributed by atoms with Crippen LogP contribution in [0.15, 0.2) is 255 Å². The van der Waals surface area contributed by atoms with Gasteiger partial charge in [0.25, 0.3) is 0 Å². The van der Waals surface area contributed by atoms with Gasteiger partial charge in [0, 0.05) is 0 Å². The molecule has 0 aliphatic heterocycles. The van der Waals surface area contributed by atoms with Gasteiger partial charge in [0.05, 0.1) is 11.1 Å². The molecule has 0 aromatic heterocycles. The molecule has 0 heterocycles. The van der Waals surface area contributed by atoms with Crippen LogP contribution in [0.4, 0.5) is 26.3 Å². The van der Waals surface area contributed by atoms with Gasteiger partial charge in [-0.3, -0.25) is 0 Å². The van der Waals surface area contributed by atoms with Gasteiger partial charge in [0.2, 0.25) is 13.4 Å². The third-order valence-electron chi connectivity index (χ3n) is 16.1. The fraction of sp³-hybridized carbons (Fsp3) is 0.0286. The first-order valence-electron chi connectivity index (χ1n) is 26.0. The lowest BCUT2D eigenvalue weighted by Crippen LogP contribution is -2.52. The maximum absolute atomic E-state index is 15.6. The molecule has 0 N–H and O–H groups in total. The molecule has 0 fully saturated rings. The zero-order chi connectivity index (χ0) is 52.9. The monoisotopic (exact) mass is 1020 g/mol. The minimum atomic E-state index is -4.72.